The summed E-state index contributed by atoms with van der Waals surface area (Å²) in [5.41, 5.74) is 0.478. The van der Waals surface area contributed by atoms with Gasteiger partial charge in [0.15, 0.2) is 0 Å². The van der Waals surface area contributed by atoms with E-state index in [9.17, 15) is 9.59 Å². The van der Waals surface area contributed by atoms with Crippen molar-refractivity contribution in [1.82, 2.24) is 0 Å². The fourth-order valence-corrected chi connectivity index (χ4v) is 1.91. The molecule has 0 atom stereocenters. The van der Waals surface area contributed by atoms with Crippen molar-refractivity contribution in [3.8, 4) is 0 Å². The van der Waals surface area contributed by atoms with Gasteiger partial charge in [0, 0.05) is 0 Å². The van der Waals surface area contributed by atoms with E-state index in [-0.39, 0.29) is 21.7 Å². The second kappa shape index (κ2) is 3.90. The van der Waals surface area contributed by atoms with Crippen LogP contribution in [0.2, 0.25) is 5.02 Å². The SMILES string of the molecule is Cc1cc(Cl)c(C(=O)O)c(C)c1C(=O)O. The molecule has 2 N–H and O–H groups in total. The van der Waals surface area contributed by atoms with Gasteiger partial charge in [0.25, 0.3) is 0 Å². The predicted molar refractivity (Wildman–Crippen MR) is 54.8 cm³/mol. The van der Waals surface area contributed by atoms with Crippen LogP contribution in [0.3, 0.4) is 0 Å². The summed E-state index contributed by atoms with van der Waals surface area (Å²) in [4.78, 5) is 21.7. The Morgan fingerprint density at radius 3 is 2.00 bits per heavy atom. The third kappa shape index (κ3) is 1.94. The zero-order chi connectivity index (χ0) is 11.7. The first kappa shape index (κ1) is 11.5. The summed E-state index contributed by atoms with van der Waals surface area (Å²) in [5, 5.41) is 17.8. The molecule has 1 aromatic carbocycles. The molecule has 0 aliphatic rings. The van der Waals surface area contributed by atoms with E-state index in [0.717, 1.165) is 0 Å². The van der Waals surface area contributed by atoms with Crippen LogP contribution in [-0.4, -0.2) is 22.2 Å². The molecule has 0 radical (unpaired) electrons. The van der Waals surface area contributed by atoms with E-state index in [2.05, 4.69) is 0 Å². The van der Waals surface area contributed by atoms with Gasteiger partial charge in [-0.25, -0.2) is 9.59 Å². The average Bonchev–Trinajstić information content (AvgIpc) is 1.99. The number of halogens is 1. The van der Waals surface area contributed by atoms with Crippen LogP contribution in [0.1, 0.15) is 31.8 Å². The standard InChI is InChI=1S/C10H9ClO4/c1-4-3-6(11)8(10(14)15)5(2)7(4)9(12)13/h3H,1-2H3,(H,12,13)(H,14,15). The summed E-state index contributed by atoms with van der Waals surface area (Å²) in [6.45, 7) is 3.01. The van der Waals surface area contributed by atoms with Gasteiger partial charge in [-0.2, -0.15) is 0 Å². The summed E-state index contributed by atoms with van der Waals surface area (Å²) in [7, 11) is 0. The first-order valence-corrected chi connectivity index (χ1v) is 4.50. The maximum absolute atomic E-state index is 10.9. The van der Waals surface area contributed by atoms with Crippen molar-refractivity contribution < 1.29 is 19.8 Å². The summed E-state index contributed by atoms with van der Waals surface area (Å²) in [5.74, 6) is -2.37. The minimum atomic E-state index is -1.22. The summed E-state index contributed by atoms with van der Waals surface area (Å²) in [6, 6.07) is 1.35. The molecule has 5 heteroatoms. The van der Waals surface area contributed by atoms with Gasteiger partial charge < -0.3 is 10.2 Å². The second-order valence-corrected chi connectivity index (χ2v) is 3.57. The van der Waals surface area contributed by atoms with Gasteiger partial charge in [-0.05, 0) is 31.0 Å². The Hall–Kier alpha value is -1.55. The second-order valence-electron chi connectivity index (χ2n) is 3.16. The number of aryl methyl sites for hydroxylation is 1. The first-order valence-electron chi connectivity index (χ1n) is 4.12. The lowest BCUT2D eigenvalue weighted by atomic mass is 9.97. The van der Waals surface area contributed by atoms with Crippen molar-refractivity contribution in [1.29, 1.82) is 0 Å². The Labute approximate surface area is 91.1 Å². The van der Waals surface area contributed by atoms with Crippen LogP contribution in [0.5, 0.6) is 0 Å². The average molecular weight is 229 g/mol. The monoisotopic (exact) mass is 228 g/mol. The zero-order valence-corrected chi connectivity index (χ0v) is 8.92. The van der Waals surface area contributed by atoms with E-state index in [1.807, 2.05) is 0 Å². The van der Waals surface area contributed by atoms with Crippen molar-refractivity contribution in [2.45, 2.75) is 13.8 Å². The molecular weight excluding hydrogens is 220 g/mol. The first-order chi connectivity index (χ1) is 6.86. The van der Waals surface area contributed by atoms with Crippen LogP contribution in [0.15, 0.2) is 6.07 Å². The maximum atomic E-state index is 10.9. The van der Waals surface area contributed by atoms with Gasteiger partial charge in [0.2, 0.25) is 0 Å². The fraction of sp³-hybridized carbons (Fsp3) is 0.200. The van der Waals surface area contributed by atoms with Crippen LogP contribution in [0, 0.1) is 13.8 Å². The maximum Gasteiger partial charge on any atom is 0.337 e. The minimum Gasteiger partial charge on any atom is -0.478 e. The molecule has 1 rings (SSSR count). The van der Waals surface area contributed by atoms with Gasteiger partial charge >= 0.3 is 11.9 Å². The number of carboxylic acids is 2. The molecule has 1 aromatic rings. The molecule has 0 aliphatic heterocycles. The minimum absolute atomic E-state index is 0.00296. The molecule has 0 saturated carbocycles. The van der Waals surface area contributed by atoms with E-state index in [1.165, 1.54) is 13.0 Å². The molecule has 0 bridgehead atoms. The van der Waals surface area contributed by atoms with Crippen LogP contribution in [0.25, 0.3) is 0 Å². The Kier molecular flexibility index (Phi) is 3.00. The summed E-state index contributed by atoms with van der Waals surface area (Å²) in [6.07, 6.45) is 0. The van der Waals surface area contributed by atoms with Gasteiger partial charge in [-0.3, -0.25) is 0 Å². The lowest BCUT2D eigenvalue weighted by molar-refractivity contribution is 0.0695. The molecule has 0 aliphatic carbocycles. The van der Waals surface area contributed by atoms with Crippen molar-refractivity contribution in [3.05, 3.63) is 33.3 Å². The third-order valence-corrected chi connectivity index (χ3v) is 2.45. The molecule has 15 heavy (non-hydrogen) atoms. The molecule has 0 heterocycles. The Bertz CT molecular complexity index is 413. The van der Waals surface area contributed by atoms with E-state index >= 15 is 0 Å². The highest BCUT2D eigenvalue weighted by Crippen LogP contribution is 2.26. The van der Waals surface area contributed by atoms with Crippen LogP contribution < -0.4 is 0 Å². The number of rotatable bonds is 2. The van der Waals surface area contributed by atoms with Gasteiger partial charge in [0.1, 0.15) is 0 Å². The molecule has 0 unspecified atom stereocenters. The van der Waals surface area contributed by atoms with Gasteiger partial charge in [0.05, 0.1) is 16.1 Å². The van der Waals surface area contributed by atoms with E-state index in [1.54, 1.807) is 6.92 Å². The predicted octanol–water partition coefficient (Wildman–Crippen LogP) is 2.35. The number of aromatic carboxylic acids is 2. The molecular formula is C10H9ClO4. The lowest BCUT2D eigenvalue weighted by Gasteiger charge is -2.10. The molecule has 0 spiro atoms. The highest BCUT2D eigenvalue weighted by atomic mass is 35.5. The molecule has 0 aromatic heterocycles. The Balaban J connectivity index is 3.64. The lowest BCUT2D eigenvalue weighted by Crippen LogP contribution is -2.10. The highest BCUT2D eigenvalue weighted by Gasteiger charge is 2.20. The van der Waals surface area contributed by atoms with E-state index < -0.39 is 11.9 Å². The molecule has 80 valence electrons. The van der Waals surface area contributed by atoms with Crippen LogP contribution in [0.4, 0.5) is 0 Å². The smallest absolute Gasteiger partial charge is 0.337 e. The Morgan fingerprint density at radius 1 is 1.13 bits per heavy atom. The quantitative estimate of drug-likeness (QED) is 0.815. The third-order valence-electron chi connectivity index (χ3n) is 2.15. The number of carbonyl (C=O) groups is 2. The van der Waals surface area contributed by atoms with Crippen LogP contribution >= 0.6 is 11.6 Å². The van der Waals surface area contributed by atoms with Crippen molar-refractivity contribution in [2.24, 2.45) is 0 Å². The number of benzene rings is 1. The van der Waals surface area contributed by atoms with E-state index in [4.69, 9.17) is 21.8 Å². The van der Waals surface area contributed by atoms with Crippen molar-refractivity contribution in [3.63, 3.8) is 0 Å². The molecule has 4 nitrogen and oxygen atoms in total. The number of hydrogen-bond acceptors (Lipinski definition) is 2. The molecule has 0 amide bonds. The zero-order valence-electron chi connectivity index (χ0n) is 8.17. The number of hydrogen-bond donors (Lipinski definition) is 2. The van der Waals surface area contributed by atoms with Crippen molar-refractivity contribution in [2.75, 3.05) is 0 Å². The normalized spacial score (nSPS) is 10.1. The topological polar surface area (TPSA) is 74.6 Å². The Morgan fingerprint density at radius 2 is 1.60 bits per heavy atom. The van der Waals surface area contributed by atoms with Crippen LogP contribution in [-0.2, 0) is 0 Å². The summed E-state index contributed by atoms with van der Waals surface area (Å²) >= 11 is 5.73. The van der Waals surface area contributed by atoms with E-state index in [0.29, 0.717) is 5.56 Å². The molecule has 0 fully saturated rings. The largest absolute Gasteiger partial charge is 0.478 e. The highest BCUT2D eigenvalue weighted by molar-refractivity contribution is 6.34. The number of carboxylic acid groups (broad SMARTS) is 2. The summed E-state index contributed by atoms with van der Waals surface area (Å²) < 4.78 is 0. The van der Waals surface area contributed by atoms with Gasteiger partial charge in [-0.15, -0.1) is 0 Å². The van der Waals surface area contributed by atoms with Crippen molar-refractivity contribution >= 4 is 23.5 Å². The fourth-order valence-electron chi connectivity index (χ4n) is 1.53. The van der Waals surface area contributed by atoms with Gasteiger partial charge in [-0.1, -0.05) is 11.6 Å². The molecule has 0 saturated heterocycles.